The van der Waals surface area contributed by atoms with E-state index in [1.807, 2.05) is 18.7 Å². The van der Waals surface area contributed by atoms with Crippen LogP contribution in [0.2, 0.25) is 0 Å². The Balaban J connectivity index is 2.17. The van der Waals surface area contributed by atoms with E-state index in [2.05, 4.69) is 5.32 Å². The molecule has 0 aromatic heterocycles. The molecular formula is C12H24N2O2S. The van der Waals surface area contributed by atoms with Gasteiger partial charge in [-0.15, -0.1) is 0 Å². The summed E-state index contributed by atoms with van der Waals surface area (Å²) >= 11 is 1.86. The number of ether oxygens (including phenoxy) is 1. The number of carbonyl (C=O) groups excluding carboxylic acids is 1. The van der Waals surface area contributed by atoms with E-state index in [9.17, 15) is 4.79 Å². The van der Waals surface area contributed by atoms with Crippen molar-refractivity contribution < 1.29 is 9.53 Å². The second-order valence-corrected chi connectivity index (χ2v) is 6.05. The highest BCUT2D eigenvalue weighted by Crippen LogP contribution is 2.25. The van der Waals surface area contributed by atoms with Crippen LogP contribution in [0.4, 0.5) is 0 Å². The van der Waals surface area contributed by atoms with E-state index in [1.165, 1.54) is 12.8 Å². The van der Waals surface area contributed by atoms with Crippen molar-refractivity contribution in [2.24, 2.45) is 5.73 Å². The predicted octanol–water partition coefficient (Wildman–Crippen LogP) is 1.14. The van der Waals surface area contributed by atoms with Crippen molar-refractivity contribution in [1.29, 1.82) is 0 Å². The van der Waals surface area contributed by atoms with Crippen molar-refractivity contribution in [3.63, 3.8) is 0 Å². The maximum atomic E-state index is 11.5. The van der Waals surface area contributed by atoms with E-state index in [0.717, 1.165) is 31.0 Å². The van der Waals surface area contributed by atoms with Gasteiger partial charge in [-0.25, -0.2) is 0 Å². The van der Waals surface area contributed by atoms with Crippen molar-refractivity contribution in [2.75, 3.05) is 25.2 Å². The van der Waals surface area contributed by atoms with Gasteiger partial charge in [0.2, 0.25) is 5.91 Å². The highest BCUT2D eigenvalue weighted by atomic mass is 32.2. The molecule has 1 rings (SSSR count). The molecule has 1 aliphatic carbocycles. The van der Waals surface area contributed by atoms with Gasteiger partial charge in [0.05, 0.1) is 12.1 Å². The zero-order chi connectivity index (χ0) is 12.7. The van der Waals surface area contributed by atoms with E-state index in [4.69, 9.17) is 10.5 Å². The van der Waals surface area contributed by atoms with E-state index in [0.29, 0.717) is 6.04 Å². The molecular weight excluding hydrogens is 236 g/mol. The van der Waals surface area contributed by atoms with E-state index >= 15 is 0 Å². The van der Waals surface area contributed by atoms with Gasteiger partial charge in [0.25, 0.3) is 0 Å². The van der Waals surface area contributed by atoms with Crippen LogP contribution in [0.3, 0.4) is 0 Å². The maximum absolute atomic E-state index is 11.5. The van der Waals surface area contributed by atoms with Gasteiger partial charge in [-0.1, -0.05) is 0 Å². The summed E-state index contributed by atoms with van der Waals surface area (Å²) in [4.78, 5) is 11.5. The topological polar surface area (TPSA) is 64.3 Å². The van der Waals surface area contributed by atoms with Crippen molar-refractivity contribution in [3.8, 4) is 0 Å². The summed E-state index contributed by atoms with van der Waals surface area (Å²) in [5, 5.41) is 3.36. The Labute approximate surface area is 108 Å². The van der Waals surface area contributed by atoms with Gasteiger partial charge in [-0.3, -0.25) is 4.79 Å². The SMILES string of the molecule is COCCSCCCC(C)(NC1CC1)C(N)=O. The lowest BCUT2D eigenvalue weighted by Gasteiger charge is -2.27. The number of hydrogen-bond acceptors (Lipinski definition) is 4. The van der Waals surface area contributed by atoms with Crippen molar-refractivity contribution >= 4 is 17.7 Å². The number of primary amides is 1. The summed E-state index contributed by atoms with van der Waals surface area (Å²) < 4.78 is 4.98. The highest BCUT2D eigenvalue weighted by Gasteiger charge is 2.36. The first-order valence-electron chi connectivity index (χ1n) is 6.23. The number of nitrogens with one attached hydrogen (secondary N) is 1. The first-order chi connectivity index (χ1) is 8.08. The molecule has 100 valence electrons. The number of rotatable bonds is 10. The Morgan fingerprint density at radius 3 is 2.76 bits per heavy atom. The van der Waals surface area contributed by atoms with Crippen LogP contribution in [0.15, 0.2) is 0 Å². The minimum absolute atomic E-state index is 0.230. The van der Waals surface area contributed by atoms with Crippen LogP contribution < -0.4 is 11.1 Å². The summed E-state index contributed by atoms with van der Waals surface area (Å²) in [5.74, 6) is 1.84. The van der Waals surface area contributed by atoms with Crippen molar-refractivity contribution in [2.45, 2.75) is 44.2 Å². The van der Waals surface area contributed by atoms with Crippen LogP contribution in [0.25, 0.3) is 0 Å². The monoisotopic (exact) mass is 260 g/mol. The Hall–Kier alpha value is -0.260. The van der Waals surface area contributed by atoms with E-state index < -0.39 is 5.54 Å². The molecule has 1 saturated carbocycles. The number of methoxy groups -OCH3 is 1. The Morgan fingerprint density at radius 1 is 1.53 bits per heavy atom. The largest absolute Gasteiger partial charge is 0.384 e. The second kappa shape index (κ2) is 7.24. The molecule has 1 unspecified atom stereocenters. The minimum atomic E-state index is -0.525. The third-order valence-electron chi connectivity index (χ3n) is 3.04. The summed E-state index contributed by atoms with van der Waals surface area (Å²) in [7, 11) is 1.71. The third kappa shape index (κ3) is 5.75. The Morgan fingerprint density at radius 2 is 2.24 bits per heavy atom. The molecule has 1 fully saturated rings. The van der Waals surface area contributed by atoms with Crippen molar-refractivity contribution in [3.05, 3.63) is 0 Å². The first-order valence-corrected chi connectivity index (χ1v) is 7.38. The average Bonchev–Trinajstić information content (AvgIpc) is 3.07. The molecule has 1 aliphatic rings. The summed E-state index contributed by atoms with van der Waals surface area (Å²) in [5.41, 5.74) is 4.96. The molecule has 17 heavy (non-hydrogen) atoms. The maximum Gasteiger partial charge on any atom is 0.237 e. The number of thioether (sulfide) groups is 1. The predicted molar refractivity (Wildman–Crippen MR) is 72.2 cm³/mol. The highest BCUT2D eigenvalue weighted by molar-refractivity contribution is 7.99. The molecule has 0 bridgehead atoms. The summed E-state index contributed by atoms with van der Waals surface area (Å²) in [6.45, 7) is 2.71. The molecule has 0 aromatic carbocycles. The van der Waals surface area contributed by atoms with Crippen LogP contribution >= 0.6 is 11.8 Å². The molecule has 0 heterocycles. The third-order valence-corrected chi connectivity index (χ3v) is 4.07. The van der Waals surface area contributed by atoms with Gasteiger partial charge >= 0.3 is 0 Å². The first kappa shape index (κ1) is 14.8. The zero-order valence-corrected chi connectivity index (χ0v) is 11.6. The van der Waals surface area contributed by atoms with Gasteiger partial charge in [0.15, 0.2) is 0 Å². The lowest BCUT2D eigenvalue weighted by molar-refractivity contribution is -0.124. The normalized spacial score (nSPS) is 18.9. The molecule has 0 saturated heterocycles. The Kier molecular flexibility index (Phi) is 6.30. The number of nitrogens with two attached hydrogens (primary N) is 1. The number of carbonyl (C=O) groups is 1. The summed E-state index contributed by atoms with van der Waals surface area (Å²) in [6, 6.07) is 0.508. The van der Waals surface area contributed by atoms with Gasteiger partial charge in [-0.05, 0) is 38.4 Å². The van der Waals surface area contributed by atoms with Crippen LogP contribution in [-0.2, 0) is 9.53 Å². The fourth-order valence-electron chi connectivity index (χ4n) is 1.72. The molecule has 1 atom stereocenters. The lowest BCUT2D eigenvalue weighted by Crippen LogP contribution is -2.54. The quantitative estimate of drug-likeness (QED) is 0.578. The summed E-state index contributed by atoms with van der Waals surface area (Å²) in [6.07, 6.45) is 4.17. The molecule has 1 amide bonds. The smallest absolute Gasteiger partial charge is 0.237 e. The van der Waals surface area contributed by atoms with Crippen molar-refractivity contribution in [1.82, 2.24) is 5.32 Å². The minimum Gasteiger partial charge on any atom is -0.384 e. The van der Waals surface area contributed by atoms with Gasteiger partial charge in [0.1, 0.15) is 0 Å². The van der Waals surface area contributed by atoms with E-state index in [1.54, 1.807) is 7.11 Å². The number of hydrogen-bond donors (Lipinski definition) is 2. The van der Waals surface area contributed by atoms with Crippen LogP contribution in [0.1, 0.15) is 32.6 Å². The van der Waals surface area contributed by atoms with E-state index in [-0.39, 0.29) is 5.91 Å². The lowest BCUT2D eigenvalue weighted by atomic mass is 9.95. The second-order valence-electron chi connectivity index (χ2n) is 4.82. The van der Waals surface area contributed by atoms with Gasteiger partial charge < -0.3 is 15.8 Å². The standard InChI is InChI=1S/C12H24N2O2S/c1-12(11(13)15,14-10-4-5-10)6-3-8-17-9-7-16-2/h10,14H,3-9H2,1-2H3,(H2,13,15). The Bertz CT molecular complexity index is 247. The van der Waals surface area contributed by atoms with Crippen LogP contribution in [0, 0.1) is 0 Å². The zero-order valence-electron chi connectivity index (χ0n) is 10.8. The molecule has 4 nitrogen and oxygen atoms in total. The molecule has 0 spiro atoms. The fraction of sp³-hybridized carbons (Fsp3) is 0.917. The number of amides is 1. The fourth-order valence-corrected chi connectivity index (χ4v) is 2.55. The molecule has 0 radical (unpaired) electrons. The molecule has 0 aliphatic heterocycles. The average molecular weight is 260 g/mol. The molecule has 0 aromatic rings. The van der Waals surface area contributed by atoms with Crippen LogP contribution in [-0.4, -0.2) is 42.7 Å². The van der Waals surface area contributed by atoms with Gasteiger partial charge in [-0.2, -0.15) is 11.8 Å². The molecule has 5 heteroatoms. The van der Waals surface area contributed by atoms with Crippen LogP contribution in [0.5, 0.6) is 0 Å². The molecule has 3 N–H and O–H groups in total. The van der Waals surface area contributed by atoms with Gasteiger partial charge in [0, 0.05) is 18.9 Å².